The zero-order chi connectivity index (χ0) is 14.5. The van der Waals surface area contributed by atoms with E-state index in [2.05, 4.69) is 0 Å². The number of aliphatic carboxylic acids is 1. The molecule has 1 saturated carbocycles. The molecule has 2 fully saturated rings. The average molecular weight is 301 g/mol. The second-order valence-corrected chi connectivity index (χ2v) is 6.74. The fraction of sp³-hybridized carbons (Fsp3) is 0.857. The van der Waals surface area contributed by atoms with Crippen molar-refractivity contribution in [1.82, 2.24) is 4.90 Å². The van der Waals surface area contributed by atoms with Crippen LogP contribution in [-0.4, -0.2) is 59.7 Å². The van der Waals surface area contributed by atoms with E-state index in [1.165, 1.54) is 0 Å². The molecular formula is C14H23NO4S. The summed E-state index contributed by atoms with van der Waals surface area (Å²) in [5, 5.41) is 9.06. The van der Waals surface area contributed by atoms with Crippen LogP contribution < -0.4 is 0 Å². The molecule has 6 heteroatoms. The van der Waals surface area contributed by atoms with Crippen LogP contribution in [0.3, 0.4) is 0 Å². The van der Waals surface area contributed by atoms with Gasteiger partial charge in [-0.2, -0.15) is 11.8 Å². The van der Waals surface area contributed by atoms with Crippen LogP contribution in [0.4, 0.5) is 0 Å². The highest BCUT2D eigenvalue weighted by Gasteiger charge is 2.38. The van der Waals surface area contributed by atoms with E-state index in [1.807, 2.05) is 16.7 Å². The fourth-order valence-electron chi connectivity index (χ4n) is 3.09. The molecule has 0 aromatic heterocycles. The monoisotopic (exact) mass is 301 g/mol. The lowest BCUT2D eigenvalue weighted by atomic mass is 10.0. The molecule has 3 unspecified atom stereocenters. The van der Waals surface area contributed by atoms with Gasteiger partial charge in [0.15, 0.2) is 0 Å². The number of hydrogen-bond acceptors (Lipinski definition) is 4. The number of ether oxygens (including phenoxy) is 1. The average Bonchev–Trinajstić information content (AvgIpc) is 3.10. The highest BCUT2D eigenvalue weighted by atomic mass is 32.2. The minimum absolute atomic E-state index is 0.112. The minimum atomic E-state index is -0.764. The number of amides is 1. The van der Waals surface area contributed by atoms with Crippen LogP contribution in [0, 0.1) is 11.8 Å². The van der Waals surface area contributed by atoms with Gasteiger partial charge in [-0.25, -0.2) is 0 Å². The fourth-order valence-corrected chi connectivity index (χ4v) is 4.32. The maximum Gasteiger partial charge on any atom is 0.306 e. The quantitative estimate of drug-likeness (QED) is 0.804. The summed E-state index contributed by atoms with van der Waals surface area (Å²) in [5.74, 6) is 1.01. The first-order valence-corrected chi connectivity index (χ1v) is 8.39. The Bertz CT molecular complexity index is 357. The Morgan fingerprint density at radius 1 is 1.30 bits per heavy atom. The van der Waals surface area contributed by atoms with Gasteiger partial charge in [0.2, 0.25) is 5.91 Å². The summed E-state index contributed by atoms with van der Waals surface area (Å²) in [6.45, 7) is 1.16. The van der Waals surface area contributed by atoms with Crippen molar-refractivity contribution in [1.29, 1.82) is 0 Å². The third-order valence-corrected chi connectivity index (χ3v) is 5.44. The number of carboxylic acid groups (broad SMARTS) is 1. The van der Waals surface area contributed by atoms with Crippen molar-refractivity contribution in [3.63, 3.8) is 0 Å². The van der Waals surface area contributed by atoms with Crippen LogP contribution in [0.1, 0.15) is 25.7 Å². The second-order valence-electron chi connectivity index (χ2n) is 5.59. The smallest absolute Gasteiger partial charge is 0.306 e. The highest BCUT2D eigenvalue weighted by molar-refractivity contribution is 7.99. The van der Waals surface area contributed by atoms with Gasteiger partial charge in [-0.1, -0.05) is 0 Å². The van der Waals surface area contributed by atoms with Crippen molar-refractivity contribution in [2.24, 2.45) is 11.8 Å². The number of nitrogens with zero attached hydrogens (tertiary/aromatic N) is 1. The minimum Gasteiger partial charge on any atom is -0.481 e. The lowest BCUT2D eigenvalue weighted by molar-refractivity contribution is -0.142. The normalized spacial score (nSPS) is 29.6. The van der Waals surface area contributed by atoms with Crippen molar-refractivity contribution in [2.75, 3.05) is 31.8 Å². The molecule has 1 aliphatic carbocycles. The van der Waals surface area contributed by atoms with Gasteiger partial charge in [-0.15, -0.1) is 0 Å². The Balaban J connectivity index is 1.97. The van der Waals surface area contributed by atoms with Gasteiger partial charge >= 0.3 is 5.97 Å². The Morgan fingerprint density at radius 2 is 2.05 bits per heavy atom. The van der Waals surface area contributed by atoms with Crippen molar-refractivity contribution >= 4 is 23.6 Å². The number of thioether (sulfide) groups is 1. The van der Waals surface area contributed by atoms with Crippen LogP contribution in [0.15, 0.2) is 0 Å². The largest absolute Gasteiger partial charge is 0.481 e. The number of carbonyl (C=O) groups excluding carboxylic acids is 1. The first kappa shape index (κ1) is 15.6. The predicted octanol–water partition coefficient (Wildman–Crippen LogP) is 1.47. The number of carbonyl (C=O) groups is 2. The van der Waals surface area contributed by atoms with E-state index >= 15 is 0 Å². The molecule has 0 bridgehead atoms. The van der Waals surface area contributed by atoms with Gasteiger partial charge in [0, 0.05) is 31.4 Å². The molecule has 20 heavy (non-hydrogen) atoms. The van der Waals surface area contributed by atoms with Crippen LogP contribution in [0.5, 0.6) is 0 Å². The summed E-state index contributed by atoms with van der Waals surface area (Å²) in [4.78, 5) is 25.6. The molecule has 2 aliphatic rings. The molecule has 0 spiro atoms. The molecule has 5 nitrogen and oxygen atoms in total. The van der Waals surface area contributed by atoms with E-state index in [4.69, 9.17) is 9.84 Å². The maximum atomic E-state index is 12.7. The van der Waals surface area contributed by atoms with E-state index in [9.17, 15) is 9.59 Å². The van der Waals surface area contributed by atoms with Gasteiger partial charge in [0.25, 0.3) is 0 Å². The molecule has 2 rings (SSSR count). The third kappa shape index (κ3) is 3.67. The number of carboxylic acids is 1. The molecule has 0 aromatic carbocycles. The van der Waals surface area contributed by atoms with Crippen molar-refractivity contribution < 1.29 is 19.4 Å². The van der Waals surface area contributed by atoms with Crippen molar-refractivity contribution in [3.05, 3.63) is 0 Å². The van der Waals surface area contributed by atoms with Gasteiger partial charge in [-0.3, -0.25) is 9.59 Å². The van der Waals surface area contributed by atoms with Gasteiger partial charge < -0.3 is 14.7 Å². The predicted molar refractivity (Wildman–Crippen MR) is 77.8 cm³/mol. The Kier molecular flexibility index (Phi) is 5.72. The first-order valence-electron chi connectivity index (χ1n) is 7.23. The van der Waals surface area contributed by atoms with Crippen molar-refractivity contribution in [2.45, 2.75) is 31.7 Å². The molecule has 1 N–H and O–H groups in total. The number of rotatable bonds is 6. The molecule has 1 saturated heterocycles. The number of hydrogen-bond donors (Lipinski definition) is 1. The molecule has 114 valence electrons. The molecule has 1 heterocycles. The Labute approximate surface area is 124 Å². The molecule has 0 aromatic rings. The molecule has 1 amide bonds. The first-order chi connectivity index (χ1) is 9.63. The standard InChI is InChI=1S/C14H23NO4S/c1-19-6-5-15(12-4-7-20-9-12)13(16)10-2-3-11(8-10)14(17)18/h10-12H,2-9H2,1H3,(H,17,18). The van der Waals surface area contributed by atoms with Crippen LogP contribution >= 0.6 is 11.8 Å². The van der Waals surface area contributed by atoms with Crippen molar-refractivity contribution in [3.8, 4) is 0 Å². The van der Waals surface area contributed by atoms with Gasteiger partial charge in [-0.05, 0) is 31.4 Å². The van der Waals surface area contributed by atoms with E-state index in [0.717, 1.165) is 17.9 Å². The SMILES string of the molecule is COCCN(C(=O)C1CCC(C(=O)O)C1)C1CCSC1. The second kappa shape index (κ2) is 7.31. The summed E-state index contributed by atoms with van der Waals surface area (Å²) in [6, 6.07) is 0.298. The Morgan fingerprint density at radius 3 is 2.60 bits per heavy atom. The Hall–Kier alpha value is -0.750. The molecular weight excluding hydrogens is 278 g/mol. The molecule has 3 atom stereocenters. The summed E-state index contributed by atoms with van der Waals surface area (Å²) in [7, 11) is 1.64. The van der Waals surface area contributed by atoms with Gasteiger partial charge in [0.1, 0.15) is 0 Å². The van der Waals surface area contributed by atoms with Gasteiger partial charge in [0.05, 0.1) is 12.5 Å². The lowest BCUT2D eigenvalue weighted by Gasteiger charge is -2.30. The van der Waals surface area contributed by atoms with E-state index in [-0.39, 0.29) is 17.7 Å². The van der Waals surface area contributed by atoms with E-state index in [0.29, 0.717) is 38.5 Å². The molecule has 1 aliphatic heterocycles. The summed E-state index contributed by atoms with van der Waals surface area (Å²) in [5.41, 5.74) is 0. The maximum absolute atomic E-state index is 12.7. The summed E-state index contributed by atoms with van der Waals surface area (Å²) >= 11 is 1.88. The van der Waals surface area contributed by atoms with E-state index < -0.39 is 5.97 Å². The summed E-state index contributed by atoms with van der Waals surface area (Å²) in [6.07, 6.45) is 2.87. The molecule has 0 radical (unpaired) electrons. The van der Waals surface area contributed by atoms with Crippen LogP contribution in [0.2, 0.25) is 0 Å². The zero-order valence-corrected chi connectivity index (χ0v) is 12.7. The van der Waals surface area contributed by atoms with Crippen LogP contribution in [0.25, 0.3) is 0 Å². The third-order valence-electron chi connectivity index (χ3n) is 4.30. The number of methoxy groups -OCH3 is 1. The van der Waals surface area contributed by atoms with E-state index in [1.54, 1.807) is 7.11 Å². The zero-order valence-electron chi connectivity index (χ0n) is 11.9. The summed E-state index contributed by atoms with van der Waals surface area (Å²) < 4.78 is 5.11. The highest BCUT2D eigenvalue weighted by Crippen LogP contribution is 2.34. The lowest BCUT2D eigenvalue weighted by Crippen LogP contribution is -2.45. The van der Waals surface area contributed by atoms with Crippen LogP contribution in [-0.2, 0) is 14.3 Å². The topological polar surface area (TPSA) is 66.8 Å².